The van der Waals surface area contributed by atoms with Crippen LogP contribution in [0.3, 0.4) is 0 Å². The van der Waals surface area contributed by atoms with Crippen LogP contribution in [0.4, 0.5) is 4.39 Å². The van der Waals surface area contributed by atoms with Crippen LogP contribution in [0.2, 0.25) is 5.02 Å². The number of benzene rings is 1. The lowest BCUT2D eigenvalue weighted by Gasteiger charge is -2.22. The highest BCUT2D eigenvalue weighted by Gasteiger charge is 2.30. The molecule has 0 heterocycles. The lowest BCUT2D eigenvalue weighted by molar-refractivity contribution is 0.0901. The van der Waals surface area contributed by atoms with Gasteiger partial charge in [0.1, 0.15) is 5.82 Å². The summed E-state index contributed by atoms with van der Waals surface area (Å²) in [6.45, 7) is 2.17. The van der Waals surface area contributed by atoms with Crippen molar-refractivity contribution in [2.45, 2.75) is 38.7 Å². The Balaban J connectivity index is 2.07. The highest BCUT2D eigenvalue weighted by Crippen LogP contribution is 2.35. The smallest absolute Gasteiger partial charge is 0.142 e. The third-order valence-corrected chi connectivity index (χ3v) is 4.31. The van der Waals surface area contributed by atoms with Crippen LogP contribution in [0.15, 0.2) is 18.2 Å². The molecule has 0 aliphatic heterocycles. The van der Waals surface area contributed by atoms with Crippen molar-refractivity contribution < 1.29 is 9.50 Å². The predicted octanol–water partition coefficient (Wildman–Crippen LogP) is 3.82. The summed E-state index contributed by atoms with van der Waals surface area (Å²) in [5.41, 5.74) is 0.707. The lowest BCUT2D eigenvalue weighted by atomic mass is 9.88. The first-order valence-corrected chi connectivity index (χ1v) is 6.58. The zero-order chi connectivity index (χ0) is 12.4. The molecule has 3 unspecified atom stereocenters. The summed E-state index contributed by atoms with van der Waals surface area (Å²) in [4.78, 5) is 0. The normalized spacial score (nSPS) is 26.1. The molecule has 0 amide bonds. The summed E-state index contributed by atoms with van der Waals surface area (Å²) >= 11 is 5.89. The van der Waals surface area contributed by atoms with E-state index >= 15 is 0 Å². The highest BCUT2D eigenvalue weighted by atomic mass is 35.5. The second-order valence-electron chi connectivity index (χ2n) is 5.06. The van der Waals surface area contributed by atoms with Crippen molar-refractivity contribution in [2.24, 2.45) is 11.8 Å². The SMILES string of the molecule is CC1CCCC1C(O)Cc1cccc(F)c1Cl. The minimum absolute atomic E-state index is 0.150. The Hall–Kier alpha value is -0.600. The Morgan fingerprint density at radius 3 is 2.88 bits per heavy atom. The maximum Gasteiger partial charge on any atom is 0.142 e. The highest BCUT2D eigenvalue weighted by molar-refractivity contribution is 6.31. The third-order valence-electron chi connectivity index (χ3n) is 3.88. The third kappa shape index (κ3) is 2.80. The molecule has 94 valence electrons. The van der Waals surface area contributed by atoms with E-state index in [1.165, 1.54) is 18.9 Å². The van der Waals surface area contributed by atoms with Crippen molar-refractivity contribution in [1.29, 1.82) is 0 Å². The summed E-state index contributed by atoms with van der Waals surface area (Å²) in [5, 5.41) is 10.4. The van der Waals surface area contributed by atoms with Crippen LogP contribution >= 0.6 is 11.6 Å². The Kier molecular flexibility index (Phi) is 4.05. The van der Waals surface area contributed by atoms with E-state index in [0.29, 0.717) is 23.8 Å². The average molecular weight is 257 g/mol. The number of hydrogen-bond acceptors (Lipinski definition) is 1. The molecule has 3 heteroatoms. The van der Waals surface area contributed by atoms with Crippen LogP contribution < -0.4 is 0 Å². The van der Waals surface area contributed by atoms with Gasteiger partial charge in [-0.3, -0.25) is 0 Å². The Labute approximate surface area is 107 Å². The van der Waals surface area contributed by atoms with Crippen molar-refractivity contribution in [2.75, 3.05) is 0 Å². The van der Waals surface area contributed by atoms with Gasteiger partial charge in [0, 0.05) is 6.42 Å². The monoisotopic (exact) mass is 256 g/mol. The first-order chi connectivity index (χ1) is 8.09. The van der Waals surface area contributed by atoms with Crippen LogP contribution in [0.5, 0.6) is 0 Å². The van der Waals surface area contributed by atoms with Crippen molar-refractivity contribution in [3.63, 3.8) is 0 Å². The molecule has 1 aromatic rings. The number of hydrogen-bond donors (Lipinski definition) is 1. The Morgan fingerprint density at radius 1 is 1.47 bits per heavy atom. The van der Waals surface area contributed by atoms with Crippen molar-refractivity contribution in [1.82, 2.24) is 0 Å². The largest absolute Gasteiger partial charge is 0.392 e. The molecule has 1 saturated carbocycles. The topological polar surface area (TPSA) is 20.2 Å². The van der Waals surface area contributed by atoms with Crippen LogP contribution in [0.1, 0.15) is 31.7 Å². The van der Waals surface area contributed by atoms with Crippen molar-refractivity contribution in [3.05, 3.63) is 34.6 Å². The Morgan fingerprint density at radius 2 is 2.24 bits per heavy atom. The molecule has 1 nitrogen and oxygen atoms in total. The Bertz CT molecular complexity index is 394. The summed E-state index contributed by atoms with van der Waals surface area (Å²) in [6, 6.07) is 4.77. The van der Waals surface area contributed by atoms with Gasteiger partial charge in [0.25, 0.3) is 0 Å². The van der Waals surface area contributed by atoms with Gasteiger partial charge in [-0.25, -0.2) is 4.39 Å². The fraction of sp³-hybridized carbons (Fsp3) is 0.571. The maximum atomic E-state index is 13.3. The van der Waals surface area contributed by atoms with Gasteiger partial charge in [0.2, 0.25) is 0 Å². The molecule has 0 aromatic heterocycles. The standard InChI is InChI=1S/C14H18ClFO/c1-9-4-2-6-11(9)13(17)8-10-5-3-7-12(16)14(10)15/h3,5,7,9,11,13,17H,2,4,6,8H2,1H3. The minimum atomic E-state index is -0.410. The van der Waals surface area contributed by atoms with Gasteiger partial charge in [0.15, 0.2) is 0 Å². The molecule has 17 heavy (non-hydrogen) atoms. The maximum absolute atomic E-state index is 13.3. The van der Waals surface area contributed by atoms with Gasteiger partial charge in [0.05, 0.1) is 11.1 Å². The first kappa shape index (κ1) is 12.8. The quantitative estimate of drug-likeness (QED) is 0.872. The molecule has 1 fully saturated rings. The fourth-order valence-corrected chi connectivity index (χ4v) is 3.03. The molecule has 0 radical (unpaired) electrons. The van der Waals surface area contributed by atoms with Crippen LogP contribution in [-0.2, 0) is 6.42 Å². The van der Waals surface area contributed by atoms with E-state index in [-0.39, 0.29) is 5.02 Å². The second-order valence-corrected chi connectivity index (χ2v) is 5.43. The molecule has 0 bridgehead atoms. The van der Waals surface area contributed by atoms with Gasteiger partial charge in [-0.2, -0.15) is 0 Å². The van der Waals surface area contributed by atoms with E-state index in [0.717, 1.165) is 6.42 Å². The zero-order valence-electron chi connectivity index (χ0n) is 10.00. The lowest BCUT2D eigenvalue weighted by Crippen LogP contribution is -2.25. The predicted molar refractivity (Wildman–Crippen MR) is 67.6 cm³/mol. The molecule has 1 aliphatic rings. The molecule has 1 aliphatic carbocycles. The first-order valence-electron chi connectivity index (χ1n) is 6.20. The van der Waals surface area contributed by atoms with E-state index in [1.807, 2.05) is 0 Å². The fourth-order valence-electron chi connectivity index (χ4n) is 2.83. The molecule has 3 atom stereocenters. The molecule has 0 saturated heterocycles. The van der Waals surface area contributed by atoms with E-state index in [9.17, 15) is 9.50 Å². The molecule has 2 rings (SSSR count). The molecule has 0 spiro atoms. The minimum Gasteiger partial charge on any atom is -0.392 e. The van der Waals surface area contributed by atoms with E-state index in [4.69, 9.17) is 11.6 Å². The zero-order valence-corrected chi connectivity index (χ0v) is 10.8. The van der Waals surface area contributed by atoms with Gasteiger partial charge >= 0.3 is 0 Å². The van der Waals surface area contributed by atoms with Crippen molar-refractivity contribution in [3.8, 4) is 0 Å². The number of aliphatic hydroxyl groups is 1. The molecule has 1 N–H and O–H groups in total. The average Bonchev–Trinajstić information content (AvgIpc) is 2.71. The van der Waals surface area contributed by atoms with Gasteiger partial charge in [-0.1, -0.05) is 43.5 Å². The summed E-state index contributed by atoms with van der Waals surface area (Å²) in [6.07, 6.45) is 3.46. The van der Waals surface area contributed by atoms with Crippen molar-refractivity contribution >= 4 is 11.6 Å². The number of halogens is 2. The summed E-state index contributed by atoms with van der Waals surface area (Å²) < 4.78 is 13.3. The van der Waals surface area contributed by atoms with Crippen LogP contribution in [0, 0.1) is 17.7 Å². The van der Waals surface area contributed by atoms with Gasteiger partial charge < -0.3 is 5.11 Å². The molecule has 1 aromatic carbocycles. The van der Waals surface area contributed by atoms with Gasteiger partial charge in [-0.15, -0.1) is 0 Å². The molecular formula is C14H18ClFO. The summed E-state index contributed by atoms with van der Waals surface area (Å²) in [5.74, 6) is 0.475. The van der Waals surface area contributed by atoms with Crippen LogP contribution in [-0.4, -0.2) is 11.2 Å². The van der Waals surface area contributed by atoms with Crippen LogP contribution in [0.25, 0.3) is 0 Å². The van der Waals surface area contributed by atoms with E-state index in [1.54, 1.807) is 12.1 Å². The number of rotatable bonds is 3. The van der Waals surface area contributed by atoms with E-state index in [2.05, 4.69) is 6.92 Å². The van der Waals surface area contributed by atoms with E-state index < -0.39 is 11.9 Å². The van der Waals surface area contributed by atoms with Gasteiger partial charge in [-0.05, 0) is 29.9 Å². The summed E-state index contributed by atoms with van der Waals surface area (Å²) in [7, 11) is 0. The molecular weight excluding hydrogens is 239 g/mol. The second kappa shape index (κ2) is 5.36. The number of aliphatic hydroxyl groups excluding tert-OH is 1.